The molecule has 1 aromatic rings. The SMILES string of the molecule is CCCCCCCCCCCC(=O)c1cccc(C(=O)O)c1[N+](=O)[S-]. The van der Waals surface area contributed by atoms with E-state index in [1.807, 2.05) is 0 Å². The zero-order valence-electron chi connectivity index (χ0n) is 14.8. The standard InChI is InChI=1S/C19H27NO4S/c1-2-3-4-5-6-7-8-9-10-14-17(21)15-12-11-13-16(19(22)23)18(15)20(24)25/h11-13H,2-10,14H2,1H3,(H,22,23). The lowest BCUT2D eigenvalue weighted by molar-refractivity contribution is -0.263. The topological polar surface area (TPSA) is 74.5 Å². The Labute approximate surface area is 154 Å². The number of hydrogen-bond acceptors (Lipinski definition) is 4. The largest absolute Gasteiger partial charge is 0.477 e. The van der Waals surface area contributed by atoms with Crippen LogP contribution in [0.5, 0.6) is 0 Å². The van der Waals surface area contributed by atoms with E-state index in [-0.39, 0.29) is 26.8 Å². The Hall–Kier alpha value is -1.82. The Morgan fingerprint density at radius 1 is 0.960 bits per heavy atom. The molecule has 0 aliphatic rings. The number of unbranched alkanes of at least 4 members (excludes halogenated alkanes) is 8. The number of carbonyl (C=O) groups excluding carboxylic acids is 1. The summed E-state index contributed by atoms with van der Waals surface area (Å²) >= 11 is 4.53. The van der Waals surface area contributed by atoms with Gasteiger partial charge in [0.1, 0.15) is 5.56 Å². The van der Waals surface area contributed by atoms with Gasteiger partial charge in [0.15, 0.2) is 5.78 Å². The van der Waals surface area contributed by atoms with Gasteiger partial charge in [-0.2, -0.15) is 0 Å². The molecule has 1 rings (SSSR count). The fourth-order valence-corrected chi connectivity index (χ4v) is 3.07. The molecular formula is C19H27NO4S. The van der Waals surface area contributed by atoms with Crippen molar-refractivity contribution in [3.63, 3.8) is 0 Å². The van der Waals surface area contributed by atoms with Crippen LogP contribution in [-0.2, 0) is 12.8 Å². The smallest absolute Gasteiger partial charge is 0.342 e. The van der Waals surface area contributed by atoms with E-state index in [4.69, 9.17) is 5.11 Å². The van der Waals surface area contributed by atoms with Crippen LogP contribution in [0.1, 0.15) is 91.8 Å². The first-order valence-corrected chi connectivity index (χ1v) is 9.39. The molecule has 0 saturated heterocycles. The summed E-state index contributed by atoms with van der Waals surface area (Å²) in [6.07, 6.45) is 10.6. The van der Waals surface area contributed by atoms with Gasteiger partial charge in [-0.15, -0.1) is 0 Å². The van der Waals surface area contributed by atoms with E-state index in [0.717, 1.165) is 19.3 Å². The second kappa shape index (κ2) is 11.7. The van der Waals surface area contributed by atoms with Gasteiger partial charge in [-0.05, 0) is 18.6 Å². The van der Waals surface area contributed by atoms with Gasteiger partial charge in [-0.25, -0.2) is 4.79 Å². The maximum atomic E-state index is 12.3. The van der Waals surface area contributed by atoms with Gasteiger partial charge in [-0.1, -0.05) is 68.5 Å². The maximum absolute atomic E-state index is 12.3. The lowest BCUT2D eigenvalue weighted by Gasteiger charge is -2.07. The third-order valence-electron chi connectivity index (χ3n) is 4.26. The predicted molar refractivity (Wildman–Crippen MR) is 100 cm³/mol. The number of hydrogen-bond donors (Lipinski definition) is 1. The molecule has 1 aromatic carbocycles. The average molecular weight is 365 g/mol. The fourth-order valence-electron chi connectivity index (χ4n) is 2.87. The highest BCUT2D eigenvalue weighted by Gasteiger charge is 2.25. The van der Waals surface area contributed by atoms with E-state index >= 15 is 0 Å². The number of carboxylic acid groups (broad SMARTS) is 1. The van der Waals surface area contributed by atoms with Crippen molar-refractivity contribution in [3.8, 4) is 0 Å². The van der Waals surface area contributed by atoms with Crippen LogP contribution in [0, 0.1) is 4.91 Å². The molecule has 0 unspecified atom stereocenters. The lowest BCUT2D eigenvalue weighted by atomic mass is 9.99. The van der Waals surface area contributed by atoms with Crippen LogP contribution in [0.15, 0.2) is 18.2 Å². The third kappa shape index (κ3) is 7.30. The first-order valence-electron chi connectivity index (χ1n) is 9.03. The molecule has 0 bridgehead atoms. The Bertz CT molecular complexity index is 601. The fraction of sp³-hybridized carbons (Fsp3) is 0.579. The summed E-state index contributed by atoms with van der Waals surface area (Å²) in [6, 6.07) is 4.22. The number of nitrogens with zero attached hydrogens (tertiary/aromatic N) is 1. The summed E-state index contributed by atoms with van der Waals surface area (Å²) in [5, 5.41) is 9.15. The summed E-state index contributed by atoms with van der Waals surface area (Å²) in [7, 11) is 0. The number of Topliss-reactive ketones (excluding diaryl/α,β-unsaturated/α-hetero) is 1. The van der Waals surface area contributed by atoms with E-state index in [0.29, 0.717) is 6.42 Å². The molecule has 25 heavy (non-hydrogen) atoms. The highest BCUT2D eigenvalue weighted by molar-refractivity contribution is 7.51. The van der Waals surface area contributed by atoms with Crippen LogP contribution in [-0.4, -0.2) is 21.0 Å². The van der Waals surface area contributed by atoms with Gasteiger partial charge in [0.2, 0.25) is 0 Å². The Kier molecular flexibility index (Phi) is 9.92. The van der Waals surface area contributed by atoms with E-state index in [9.17, 15) is 14.5 Å². The molecule has 0 saturated carbocycles. The van der Waals surface area contributed by atoms with Crippen molar-refractivity contribution in [2.24, 2.45) is 0 Å². The Morgan fingerprint density at radius 2 is 1.48 bits per heavy atom. The third-order valence-corrected chi connectivity index (χ3v) is 4.44. The first-order chi connectivity index (χ1) is 12.0. The second-order valence-corrected chi connectivity index (χ2v) is 6.60. The summed E-state index contributed by atoms with van der Waals surface area (Å²) in [5.74, 6) is -1.50. The Morgan fingerprint density at radius 3 is 2.00 bits per heavy atom. The molecule has 0 heterocycles. The van der Waals surface area contributed by atoms with Gasteiger partial charge >= 0.3 is 5.97 Å². The predicted octanol–water partition coefficient (Wildman–Crippen LogP) is 5.36. The lowest BCUT2D eigenvalue weighted by Crippen LogP contribution is -2.09. The first kappa shape index (κ1) is 21.2. The number of rotatable bonds is 13. The zero-order chi connectivity index (χ0) is 18.7. The van der Waals surface area contributed by atoms with Crippen LogP contribution >= 0.6 is 0 Å². The minimum atomic E-state index is -1.27. The summed E-state index contributed by atoms with van der Waals surface area (Å²) in [5.41, 5.74) is -0.363. The normalized spacial score (nSPS) is 10.6. The molecule has 0 aromatic heterocycles. The molecule has 0 aliphatic heterocycles. The number of carboxylic acids is 1. The van der Waals surface area contributed by atoms with Crippen LogP contribution in [0.25, 0.3) is 0 Å². The van der Waals surface area contributed by atoms with Crippen molar-refractivity contribution in [2.75, 3.05) is 0 Å². The van der Waals surface area contributed by atoms with Crippen molar-refractivity contribution < 1.29 is 18.9 Å². The van der Waals surface area contributed by atoms with Crippen molar-refractivity contribution >= 4 is 30.3 Å². The van der Waals surface area contributed by atoms with Crippen molar-refractivity contribution in [1.29, 1.82) is 0 Å². The van der Waals surface area contributed by atoms with Crippen molar-refractivity contribution in [3.05, 3.63) is 34.2 Å². The number of carbonyl (C=O) groups is 2. The minimum absolute atomic E-state index is 0.0486. The van der Waals surface area contributed by atoms with Crippen molar-refractivity contribution in [2.45, 2.75) is 71.1 Å². The molecule has 0 amide bonds. The maximum Gasteiger partial charge on any atom is 0.342 e. The van der Waals surface area contributed by atoms with Crippen LogP contribution < -0.4 is 0 Å². The van der Waals surface area contributed by atoms with E-state index in [1.54, 1.807) is 0 Å². The molecule has 5 nitrogen and oxygen atoms in total. The molecule has 0 aliphatic carbocycles. The van der Waals surface area contributed by atoms with E-state index in [1.165, 1.54) is 56.7 Å². The van der Waals surface area contributed by atoms with Gasteiger partial charge in [-0.3, -0.25) is 4.79 Å². The molecule has 0 radical (unpaired) electrons. The number of aromatic carboxylic acids is 1. The highest BCUT2D eigenvalue weighted by atomic mass is 32.1. The monoisotopic (exact) mass is 365 g/mol. The molecule has 0 atom stereocenters. The number of benzene rings is 1. The second-order valence-electron chi connectivity index (χ2n) is 6.27. The molecule has 1 N–H and O–H groups in total. The van der Waals surface area contributed by atoms with E-state index in [2.05, 4.69) is 19.7 Å². The molecule has 6 heteroatoms. The van der Waals surface area contributed by atoms with Gasteiger partial charge in [0.05, 0.1) is 5.56 Å². The van der Waals surface area contributed by atoms with Crippen molar-refractivity contribution in [1.82, 2.24) is 0 Å². The van der Waals surface area contributed by atoms with Gasteiger partial charge in [0, 0.05) is 11.3 Å². The minimum Gasteiger partial charge on any atom is -0.477 e. The van der Waals surface area contributed by atoms with Crippen LogP contribution in [0.2, 0.25) is 0 Å². The molecule has 138 valence electrons. The summed E-state index contributed by atoms with van der Waals surface area (Å²) in [6.45, 7) is 2.20. The zero-order valence-corrected chi connectivity index (χ0v) is 15.6. The highest BCUT2D eigenvalue weighted by Crippen LogP contribution is 2.26. The summed E-state index contributed by atoms with van der Waals surface area (Å²) < 4.78 is 0.0486. The molecular weight excluding hydrogens is 338 g/mol. The van der Waals surface area contributed by atoms with E-state index < -0.39 is 5.97 Å². The van der Waals surface area contributed by atoms with Crippen LogP contribution in [0.3, 0.4) is 0 Å². The summed E-state index contributed by atoms with van der Waals surface area (Å²) in [4.78, 5) is 35.1. The molecule has 0 spiro atoms. The number of para-hydroxylation sites is 1. The van der Waals surface area contributed by atoms with Gasteiger partial charge < -0.3 is 17.9 Å². The molecule has 0 fully saturated rings. The average Bonchev–Trinajstić information content (AvgIpc) is 2.59. The van der Waals surface area contributed by atoms with Crippen LogP contribution in [0.4, 0.5) is 5.69 Å². The Balaban J connectivity index is 2.47. The quantitative estimate of drug-likeness (QED) is 0.220. The van der Waals surface area contributed by atoms with Gasteiger partial charge in [0.25, 0.3) is 5.69 Å². The number of ketones is 1. The number of nitroso groups, excluding NO2 is 1.